The van der Waals surface area contributed by atoms with Crippen LogP contribution in [0.5, 0.6) is 11.5 Å². The summed E-state index contributed by atoms with van der Waals surface area (Å²) in [5.74, 6) is -0.640. The molecule has 2 aromatic carbocycles. The van der Waals surface area contributed by atoms with Gasteiger partial charge in [0.25, 0.3) is 0 Å². The van der Waals surface area contributed by atoms with E-state index >= 15 is 0 Å². The van der Waals surface area contributed by atoms with Crippen LogP contribution in [0, 0.1) is 11.7 Å². The number of ether oxygens (including phenoxy) is 3. The molecule has 0 aliphatic carbocycles. The lowest BCUT2D eigenvalue weighted by Gasteiger charge is -2.30. The van der Waals surface area contributed by atoms with Crippen LogP contribution < -0.4 is 9.47 Å². The molecular formula is C21H21ClFNO6S. The number of carbonyl (C=O) groups is 1. The van der Waals surface area contributed by atoms with E-state index in [-0.39, 0.29) is 24.6 Å². The zero-order chi connectivity index (χ0) is 22.0. The topological polar surface area (TPSA) is 82.1 Å². The molecule has 10 heteroatoms. The smallest absolute Gasteiger partial charge is 0.309 e. The molecule has 0 amide bonds. The van der Waals surface area contributed by atoms with Crippen LogP contribution in [-0.4, -0.2) is 45.0 Å². The second kappa shape index (κ2) is 9.02. The number of hydrogen-bond acceptors (Lipinski definition) is 6. The van der Waals surface area contributed by atoms with Gasteiger partial charge in [0.15, 0.2) is 11.5 Å². The SMILES string of the molecule is O=C(OCc1cc(Cl)c2c(c1)OCCO2)C1CCN(S(=O)(=O)c2ccccc2F)CC1. The van der Waals surface area contributed by atoms with Crippen LogP contribution in [-0.2, 0) is 26.2 Å². The number of carbonyl (C=O) groups excluding carboxylic acids is 1. The molecular weight excluding hydrogens is 449 g/mol. The average molecular weight is 470 g/mol. The number of esters is 1. The van der Waals surface area contributed by atoms with Gasteiger partial charge >= 0.3 is 5.97 Å². The summed E-state index contributed by atoms with van der Waals surface area (Å²) >= 11 is 6.20. The number of halogens is 2. The summed E-state index contributed by atoms with van der Waals surface area (Å²) in [6.07, 6.45) is 0.600. The van der Waals surface area contributed by atoms with Crippen LogP contribution in [0.4, 0.5) is 4.39 Å². The third-order valence-electron chi connectivity index (χ3n) is 5.28. The second-order valence-electron chi connectivity index (χ2n) is 7.32. The van der Waals surface area contributed by atoms with E-state index in [4.69, 9.17) is 25.8 Å². The van der Waals surface area contributed by atoms with Crippen LogP contribution in [0.2, 0.25) is 5.02 Å². The van der Waals surface area contributed by atoms with Crippen molar-refractivity contribution in [2.24, 2.45) is 5.92 Å². The minimum atomic E-state index is -3.94. The molecule has 0 unspecified atom stereocenters. The first-order valence-corrected chi connectivity index (χ1v) is 11.7. The second-order valence-corrected chi connectivity index (χ2v) is 9.63. The number of hydrogen-bond donors (Lipinski definition) is 0. The number of benzene rings is 2. The Kier molecular flexibility index (Phi) is 6.36. The van der Waals surface area contributed by atoms with Crippen molar-refractivity contribution in [2.75, 3.05) is 26.3 Å². The lowest BCUT2D eigenvalue weighted by molar-refractivity contribution is -0.151. The van der Waals surface area contributed by atoms with Crippen LogP contribution in [0.1, 0.15) is 18.4 Å². The molecule has 0 radical (unpaired) electrons. The first kappa shape index (κ1) is 21.9. The fraction of sp³-hybridized carbons (Fsp3) is 0.381. The maximum absolute atomic E-state index is 13.9. The van der Waals surface area contributed by atoms with E-state index < -0.39 is 27.7 Å². The number of rotatable bonds is 5. The molecule has 0 aromatic heterocycles. The summed E-state index contributed by atoms with van der Waals surface area (Å²) in [7, 11) is -3.94. The van der Waals surface area contributed by atoms with Gasteiger partial charge in [-0.2, -0.15) is 4.31 Å². The van der Waals surface area contributed by atoms with Crippen molar-refractivity contribution in [1.82, 2.24) is 4.31 Å². The maximum atomic E-state index is 13.9. The van der Waals surface area contributed by atoms with Gasteiger partial charge in [-0.1, -0.05) is 23.7 Å². The Morgan fingerprint density at radius 3 is 2.61 bits per heavy atom. The van der Waals surface area contributed by atoms with Crippen molar-refractivity contribution in [3.8, 4) is 11.5 Å². The van der Waals surface area contributed by atoms with Gasteiger partial charge in [-0.15, -0.1) is 0 Å². The minimum Gasteiger partial charge on any atom is -0.486 e. The van der Waals surface area contributed by atoms with Gasteiger partial charge in [0, 0.05) is 13.1 Å². The molecule has 31 heavy (non-hydrogen) atoms. The first-order valence-electron chi connectivity index (χ1n) is 9.85. The molecule has 2 heterocycles. The third-order valence-corrected chi connectivity index (χ3v) is 7.49. The Hall–Kier alpha value is -2.36. The molecule has 0 atom stereocenters. The number of piperidine rings is 1. The Balaban J connectivity index is 1.34. The molecule has 1 fully saturated rings. The Morgan fingerprint density at radius 2 is 1.87 bits per heavy atom. The summed E-state index contributed by atoms with van der Waals surface area (Å²) < 4.78 is 56.9. The van der Waals surface area contributed by atoms with Gasteiger partial charge in [0.1, 0.15) is 30.5 Å². The van der Waals surface area contributed by atoms with E-state index in [0.29, 0.717) is 48.1 Å². The molecule has 0 spiro atoms. The molecule has 4 rings (SSSR count). The highest BCUT2D eigenvalue weighted by Crippen LogP contribution is 2.38. The van der Waals surface area contributed by atoms with E-state index in [9.17, 15) is 17.6 Å². The standard InChI is InChI=1S/C21H21ClFNO6S/c22-16-11-14(12-18-20(16)29-10-9-28-18)13-30-21(25)15-5-7-24(8-6-15)31(26,27)19-4-2-1-3-17(19)23/h1-4,11-12,15H,5-10,13H2. The quantitative estimate of drug-likeness (QED) is 0.624. The number of nitrogens with zero attached hydrogens (tertiary/aromatic N) is 1. The third kappa shape index (κ3) is 4.63. The van der Waals surface area contributed by atoms with Crippen molar-refractivity contribution in [3.63, 3.8) is 0 Å². The van der Waals surface area contributed by atoms with Gasteiger partial charge < -0.3 is 14.2 Å². The van der Waals surface area contributed by atoms with Crippen molar-refractivity contribution in [1.29, 1.82) is 0 Å². The van der Waals surface area contributed by atoms with E-state index in [2.05, 4.69) is 0 Å². The first-order chi connectivity index (χ1) is 14.9. The predicted molar refractivity (Wildman–Crippen MR) is 110 cm³/mol. The summed E-state index contributed by atoms with van der Waals surface area (Å²) in [5.41, 5.74) is 0.669. The fourth-order valence-electron chi connectivity index (χ4n) is 3.64. The van der Waals surface area contributed by atoms with E-state index in [0.717, 1.165) is 6.07 Å². The summed E-state index contributed by atoms with van der Waals surface area (Å²) in [6.45, 7) is 1.09. The molecule has 0 bridgehead atoms. The van der Waals surface area contributed by atoms with Gasteiger partial charge in [-0.05, 0) is 42.7 Å². The predicted octanol–water partition coefficient (Wildman–Crippen LogP) is 3.39. The van der Waals surface area contributed by atoms with Crippen LogP contribution in [0.15, 0.2) is 41.3 Å². The molecule has 2 aliphatic rings. The molecule has 7 nitrogen and oxygen atoms in total. The van der Waals surface area contributed by atoms with Crippen molar-refractivity contribution < 1.29 is 31.8 Å². The summed E-state index contributed by atoms with van der Waals surface area (Å²) in [5, 5.41) is 0.384. The highest BCUT2D eigenvalue weighted by Gasteiger charge is 2.34. The molecule has 2 aliphatic heterocycles. The van der Waals surface area contributed by atoms with Crippen molar-refractivity contribution in [2.45, 2.75) is 24.3 Å². The Morgan fingerprint density at radius 1 is 1.16 bits per heavy atom. The summed E-state index contributed by atoms with van der Waals surface area (Å²) in [4.78, 5) is 12.1. The Labute approximate surface area is 184 Å². The average Bonchev–Trinajstić information content (AvgIpc) is 2.78. The highest BCUT2D eigenvalue weighted by atomic mass is 35.5. The highest BCUT2D eigenvalue weighted by molar-refractivity contribution is 7.89. The van der Waals surface area contributed by atoms with Gasteiger partial charge in [-0.25, -0.2) is 12.8 Å². The van der Waals surface area contributed by atoms with E-state index in [1.165, 1.54) is 22.5 Å². The molecule has 0 saturated carbocycles. The van der Waals surface area contributed by atoms with Gasteiger partial charge in [-0.3, -0.25) is 4.79 Å². The minimum absolute atomic E-state index is 0.0168. The largest absolute Gasteiger partial charge is 0.486 e. The van der Waals surface area contributed by atoms with Crippen molar-refractivity contribution >= 4 is 27.6 Å². The zero-order valence-electron chi connectivity index (χ0n) is 16.6. The van der Waals surface area contributed by atoms with Gasteiger partial charge in [0.2, 0.25) is 10.0 Å². The van der Waals surface area contributed by atoms with Crippen LogP contribution >= 0.6 is 11.6 Å². The summed E-state index contributed by atoms with van der Waals surface area (Å²) in [6, 6.07) is 8.64. The van der Waals surface area contributed by atoms with E-state index in [1.807, 2.05) is 0 Å². The van der Waals surface area contributed by atoms with Crippen LogP contribution in [0.3, 0.4) is 0 Å². The van der Waals surface area contributed by atoms with Crippen molar-refractivity contribution in [3.05, 3.63) is 52.8 Å². The molecule has 2 aromatic rings. The number of fused-ring (bicyclic) bond motifs is 1. The number of sulfonamides is 1. The van der Waals surface area contributed by atoms with Crippen LogP contribution in [0.25, 0.3) is 0 Å². The van der Waals surface area contributed by atoms with Gasteiger partial charge in [0.05, 0.1) is 10.9 Å². The molecule has 0 N–H and O–H groups in total. The monoisotopic (exact) mass is 469 g/mol. The molecule has 1 saturated heterocycles. The lowest BCUT2D eigenvalue weighted by Crippen LogP contribution is -2.40. The normalized spacial score (nSPS) is 17.4. The maximum Gasteiger partial charge on any atom is 0.309 e. The Bertz CT molecular complexity index is 1090. The lowest BCUT2D eigenvalue weighted by atomic mass is 9.98. The zero-order valence-corrected chi connectivity index (χ0v) is 18.1. The molecule has 166 valence electrons. The fourth-order valence-corrected chi connectivity index (χ4v) is 5.47. The van der Waals surface area contributed by atoms with E-state index in [1.54, 1.807) is 12.1 Å².